The second-order valence-electron chi connectivity index (χ2n) is 2.26. The molecule has 0 radical (unpaired) electrons. The minimum Gasteiger partial charge on any atom is -0.268 e. The van der Waals surface area contributed by atoms with Crippen molar-refractivity contribution in [2.45, 2.75) is 25.7 Å². The summed E-state index contributed by atoms with van der Waals surface area (Å²) in [5, 5.41) is 0. The summed E-state index contributed by atoms with van der Waals surface area (Å²) in [4.78, 5) is 0. The van der Waals surface area contributed by atoms with Crippen molar-refractivity contribution >= 4 is 11.4 Å². The van der Waals surface area contributed by atoms with Crippen molar-refractivity contribution in [3.8, 4) is 0 Å². The Morgan fingerprint density at radius 2 is 1.40 bits per heavy atom. The number of hydrogen-bond acceptors (Lipinski definition) is 3. The first-order valence-corrected chi connectivity index (χ1v) is 4.58. The first kappa shape index (κ1) is 8.17. The van der Waals surface area contributed by atoms with Gasteiger partial charge in [0.05, 0.1) is 13.2 Å². The fraction of sp³-hybridized carbons (Fsp3) is 1.00. The molecule has 0 aromatic carbocycles. The molecule has 0 amide bonds. The van der Waals surface area contributed by atoms with Crippen molar-refractivity contribution < 1.29 is 12.6 Å². The van der Waals surface area contributed by atoms with Crippen molar-refractivity contribution in [2.24, 2.45) is 0 Å². The highest BCUT2D eigenvalue weighted by atomic mass is 32.2. The highest BCUT2D eigenvalue weighted by Crippen LogP contribution is 2.05. The standard InChI is InChI=1S/C6H12O3S/c7-10-8-5-3-1-2-4-6-9-10/h1-6H2. The fourth-order valence-electron chi connectivity index (χ4n) is 0.846. The smallest absolute Gasteiger partial charge is 0.268 e. The Bertz CT molecular complexity index is 104. The average molecular weight is 164 g/mol. The van der Waals surface area contributed by atoms with E-state index in [0.717, 1.165) is 25.7 Å². The largest absolute Gasteiger partial charge is 0.304 e. The molecule has 1 heterocycles. The second-order valence-corrected chi connectivity index (χ2v) is 3.14. The lowest BCUT2D eigenvalue weighted by atomic mass is 10.2. The van der Waals surface area contributed by atoms with E-state index in [1.807, 2.05) is 0 Å². The van der Waals surface area contributed by atoms with Crippen molar-refractivity contribution in [3.05, 3.63) is 0 Å². The molecule has 0 unspecified atom stereocenters. The summed E-state index contributed by atoms with van der Waals surface area (Å²) in [6, 6.07) is 0. The van der Waals surface area contributed by atoms with Gasteiger partial charge in [0, 0.05) is 0 Å². The SMILES string of the molecule is O=S1OCCCCCCO1. The topological polar surface area (TPSA) is 35.5 Å². The molecule has 4 heteroatoms. The summed E-state index contributed by atoms with van der Waals surface area (Å²) in [5.41, 5.74) is 0. The molecule has 0 atom stereocenters. The molecule has 1 aliphatic rings. The maximum absolute atomic E-state index is 10.7. The van der Waals surface area contributed by atoms with Gasteiger partial charge in [-0.25, -0.2) is 0 Å². The first-order valence-electron chi connectivity index (χ1n) is 3.58. The normalized spacial score (nSPS) is 24.8. The highest BCUT2D eigenvalue weighted by Gasteiger charge is 2.03. The quantitative estimate of drug-likeness (QED) is 0.539. The van der Waals surface area contributed by atoms with Gasteiger partial charge in [-0.3, -0.25) is 8.37 Å². The lowest BCUT2D eigenvalue weighted by molar-refractivity contribution is 0.257. The van der Waals surface area contributed by atoms with Gasteiger partial charge in [0.25, 0.3) is 0 Å². The summed E-state index contributed by atoms with van der Waals surface area (Å²) in [5.74, 6) is 0. The maximum Gasteiger partial charge on any atom is 0.304 e. The molecule has 0 aromatic rings. The van der Waals surface area contributed by atoms with Crippen LogP contribution in [0.3, 0.4) is 0 Å². The molecule has 3 nitrogen and oxygen atoms in total. The number of hydrogen-bond donors (Lipinski definition) is 0. The van der Waals surface area contributed by atoms with Gasteiger partial charge in [-0.05, 0) is 12.8 Å². The molecule has 1 rings (SSSR count). The third-order valence-corrected chi connectivity index (χ3v) is 2.12. The van der Waals surface area contributed by atoms with Crippen LogP contribution >= 0.6 is 0 Å². The van der Waals surface area contributed by atoms with Crippen molar-refractivity contribution in [1.82, 2.24) is 0 Å². The van der Waals surface area contributed by atoms with Crippen LogP contribution in [0.2, 0.25) is 0 Å². The van der Waals surface area contributed by atoms with Gasteiger partial charge in [-0.15, -0.1) is 0 Å². The van der Waals surface area contributed by atoms with E-state index in [-0.39, 0.29) is 0 Å². The van der Waals surface area contributed by atoms with E-state index in [1.165, 1.54) is 0 Å². The van der Waals surface area contributed by atoms with Gasteiger partial charge < -0.3 is 0 Å². The minimum atomic E-state index is -1.48. The molecule has 0 N–H and O–H groups in total. The van der Waals surface area contributed by atoms with Crippen LogP contribution in [0.1, 0.15) is 25.7 Å². The Hall–Kier alpha value is 0.0700. The van der Waals surface area contributed by atoms with Crippen LogP contribution in [0.25, 0.3) is 0 Å². The molecule has 1 aliphatic heterocycles. The van der Waals surface area contributed by atoms with E-state index in [1.54, 1.807) is 0 Å². The van der Waals surface area contributed by atoms with Gasteiger partial charge in [0.1, 0.15) is 0 Å². The monoisotopic (exact) mass is 164 g/mol. The van der Waals surface area contributed by atoms with Crippen LogP contribution in [0.5, 0.6) is 0 Å². The van der Waals surface area contributed by atoms with Crippen molar-refractivity contribution in [1.29, 1.82) is 0 Å². The number of rotatable bonds is 0. The summed E-state index contributed by atoms with van der Waals surface area (Å²) < 4.78 is 20.3. The fourth-order valence-corrected chi connectivity index (χ4v) is 1.42. The average Bonchev–Trinajstić information content (AvgIpc) is 2.02. The molecule has 0 aromatic heterocycles. The molecule has 10 heavy (non-hydrogen) atoms. The highest BCUT2D eigenvalue weighted by molar-refractivity contribution is 7.75. The van der Waals surface area contributed by atoms with Gasteiger partial charge in [-0.2, -0.15) is 4.21 Å². The Labute approximate surface area is 63.6 Å². The second kappa shape index (κ2) is 4.82. The lowest BCUT2D eigenvalue weighted by Crippen LogP contribution is -2.02. The van der Waals surface area contributed by atoms with Crippen molar-refractivity contribution in [3.63, 3.8) is 0 Å². The Balaban J connectivity index is 2.21. The third-order valence-electron chi connectivity index (χ3n) is 1.40. The molecule has 1 saturated heterocycles. The van der Waals surface area contributed by atoms with Crippen LogP contribution < -0.4 is 0 Å². The van der Waals surface area contributed by atoms with E-state index in [2.05, 4.69) is 0 Å². The summed E-state index contributed by atoms with van der Waals surface area (Å²) >= 11 is -1.48. The molecular formula is C6H12O3S. The van der Waals surface area contributed by atoms with E-state index < -0.39 is 11.4 Å². The predicted octanol–water partition coefficient (Wildman–Crippen LogP) is 1.17. The van der Waals surface area contributed by atoms with E-state index in [0.29, 0.717) is 13.2 Å². The molecule has 0 bridgehead atoms. The van der Waals surface area contributed by atoms with E-state index in [9.17, 15) is 4.21 Å². The zero-order valence-electron chi connectivity index (χ0n) is 5.88. The molecule has 60 valence electrons. The Morgan fingerprint density at radius 1 is 0.900 bits per heavy atom. The van der Waals surface area contributed by atoms with Crippen LogP contribution in [0, 0.1) is 0 Å². The molecule has 1 fully saturated rings. The summed E-state index contributed by atoms with van der Waals surface area (Å²) in [6.45, 7) is 1.12. The van der Waals surface area contributed by atoms with Gasteiger partial charge in [0.2, 0.25) is 0 Å². The predicted molar refractivity (Wildman–Crippen MR) is 38.5 cm³/mol. The summed E-state index contributed by atoms with van der Waals surface area (Å²) in [6.07, 6.45) is 4.30. The maximum atomic E-state index is 10.7. The van der Waals surface area contributed by atoms with Crippen LogP contribution in [0.4, 0.5) is 0 Å². The van der Waals surface area contributed by atoms with Gasteiger partial charge >= 0.3 is 11.4 Å². The molecule has 0 spiro atoms. The Morgan fingerprint density at radius 3 is 1.90 bits per heavy atom. The molecular weight excluding hydrogens is 152 g/mol. The van der Waals surface area contributed by atoms with E-state index >= 15 is 0 Å². The molecule has 0 aliphatic carbocycles. The van der Waals surface area contributed by atoms with Crippen LogP contribution in [-0.2, 0) is 19.7 Å². The lowest BCUT2D eigenvalue weighted by Gasteiger charge is -1.97. The zero-order chi connectivity index (χ0) is 7.23. The first-order chi connectivity index (χ1) is 4.89. The zero-order valence-corrected chi connectivity index (χ0v) is 6.69. The third kappa shape index (κ3) is 3.29. The van der Waals surface area contributed by atoms with Crippen LogP contribution in [0.15, 0.2) is 0 Å². The van der Waals surface area contributed by atoms with E-state index in [4.69, 9.17) is 8.37 Å². The Kier molecular flexibility index (Phi) is 3.94. The van der Waals surface area contributed by atoms with Gasteiger partial charge in [0.15, 0.2) is 0 Å². The summed E-state index contributed by atoms with van der Waals surface area (Å²) in [7, 11) is 0. The van der Waals surface area contributed by atoms with Gasteiger partial charge in [-0.1, -0.05) is 12.8 Å². The van der Waals surface area contributed by atoms with Crippen molar-refractivity contribution in [2.75, 3.05) is 13.2 Å². The minimum absolute atomic E-state index is 0.562. The van der Waals surface area contributed by atoms with Crippen LogP contribution in [-0.4, -0.2) is 17.4 Å². The molecule has 0 saturated carbocycles.